The lowest BCUT2D eigenvalue weighted by Crippen LogP contribution is -2.09. The second kappa shape index (κ2) is 5.46. The van der Waals surface area contributed by atoms with Crippen LogP contribution < -0.4 is 5.73 Å². The van der Waals surface area contributed by atoms with Crippen molar-refractivity contribution < 1.29 is 4.74 Å². The lowest BCUT2D eigenvalue weighted by atomic mass is 10.2. The van der Waals surface area contributed by atoms with Crippen LogP contribution >= 0.6 is 15.9 Å². The normalized spacial score (nSPS) is 19.4. The van der Waals surface area contributed by atoms with Gasteiger partial charge < -0.3 is 10.5 Å². The maximum atomic E-state index is 5.61. The first-order valence-corrected chi connectivity index (χ1v) is 6.26. The average molecular weight is 283 g/mol. The molecular weight excluding hydrogens is 268 g/mol. The van der Waals surface area contributed by atoms with E-state index in [1.807, 2.05) is 24.3 Å². The molecule has 0 aromatic heterocycles. The second-order valence-corrected chi connectivity index (χ2v) is 4.66. The van der Waals surface area contributed by atoms with Gasteiger partial charge in [0.25, 0.3) is 0 Å². The van der Waals surface area contributed by atoms with Crippen LogP contribution in [0.15, 0.2) is 33.7 Å². The van der Waals surface area contributed by atoms with Gasteiger partial charge >= 0.3 is 0 Å². The van der Waals surface area contributed by atoms with Crippen LogP contribution in [0.3, 0.4) is 0 Å². The second-order valence-electron chi connectivity index (χ2n) is 3.81. The molecule has 0 saturated heterocycles. The predicted molar refractivity (Wildman–Crippen MR) is 68.7 cm³/mol. The van der Waals surface area contributed by atoms with Crippen molar-refractivity contribution in [3.63, 3.8) is 0 Å². The summed E-state index contributed by atoms with van der Waals surface area (Å²) in [5.41, 5.74) is 6.51. The summed E-state index contributed by atoms with van der Waals surface area (Å²) in [5.74, 6) is 0.745. The summed E-state index contributed by atoms with van der Waals surface area (Å²) in [6.45, 7) is 1.40. The van der Waals surface area contributed by atoms with Crippen LogP contribution in [-0.2, 0) is 4.74 Å². The fourth-order valence-electron chi connectivity index (χ4n) is 1.70. The molecule has 4 heteroatoms. The summed E-state index contributed by atoms with van der Waals surface area (Å²) >= 11 is 3.50. The Balaban J connectivity index is 2.09. The maximum absolute atomic E-state index is 5.61. The highest BCUT2D eigenvalue weighted by molar-refractivity contribution is 9.10. The van der Waals surface area contributed by atoms with E-state index in [1.165, 1.54) is 0 Å². The molecule has 3 nitrogen and oxygen atoms in total. The van der Waals surface area contributed by atoms with Crippen molar-refractivity contribution in [1.82, 2.24) is 0 Å². The van der Waals surface area contributed by atoms with Crippen molar-refractivity contribution in [2.24, 2.45) is 10.7 Å². The van der Waals surface area contributed by atoms with Gasteiger partial charge in [-0.25, -0.2) is 4.99 Å². The Labute approximate surface area is 104 Å². The van der Waals surface area contributed by atoms with Crippen molar-refractivity contribution in [1.29, 1.82) is 0 Å². The van der Waals surface area contributed by atoms with Crippen LogP contribution in [0.1, 0.15) is 18.4 Å². The molecule has 1 heterocycles. The van der Waals surface area contributed by atoms with E-state index in [2.05, 4.69) is 20.9 Å². The average Bonchev–Trinajstić information content (AvgIpc) is 2.75. The van der Waals surface area contributed by atoms with E-state index in [0.29, 0.717) is 6.61 Å². The zero-order chi connectivity index (χ0) is 11.4. The lowest BCUT2D eigenvalue weighted by molar-refractivity contribution is 0.310. The zero-order valence-electron chi connectivity index (χ0n) is 9.03. The molecule has 0 saturated carbocycles. The highest BCUT2D eigenvalue weighted by Crippen LogP contribution is 2.21. The van der Waals surface area contributed by atoms with Gasteiger partial charge in [-0.05, 0) is 47.4 Å². The van der Waals surface area contributed by atoms with Crippen LogP contribution in [0.2, 0.25) is 0 Å². The Hall–Kier alpha value is -0.870. The lowest BCUT2D eigenvalue weighted by Gasteiger charge is -2.02. The van der Waals surface area contributed by atoms with E-state index in [1.54, 1.807) is 0 Å². The Bertz CT molecular complexity index is 392. The Morgan fingerprint density at radius 3 is 3.00 bits per heavy atom. The van der Waals surface area contributed by atoms with Gasteiger partial charge in [0.1, 0.15) is 6.61 Å². The molecule has 1 aromatic carbocycles. The number of hydrogen-bond donors (Lipinski definition) is 1. The van der Waals surface area contributed by atoms with Crippen LogP contribution in [0, 0.1) is 0 Å². The molecule has 1 aromatic rings. The number of aliphatic imine (C=N–C) groups is 1. The monoisotopic (exact) mass is 282 g/mol. The first kappa shape index (κ1) is 11.6. The largest absolute Gasteiger partial charge is 0.475 e. The van der Waals surface area contributed by atoms with Crippen LogP contribution in [0.25, 0.3) is 0 Å². The van der Waals surface area contributed by atoms with Crippen LogP contribution in [-0.4, -0.2) is 25.1 Å². The van der Waals surface area contributed by atoms with Crippen molar-refractivity contribution in [3.8, 4) is 0 Å². The van der Waals surface area contributed by atoms with Gasteiger partial charge in [-0.15, -0.1) is 0 Å². The number of nitrogens with two attached hydrogens (primary N) is 1. The Morgan fingerprint density at radius 1 is 1.44 bits per heavy atom. The number of halogens is 1. The van der Waals surface area contributed by atoms with E-state index in [9.17, 15) is 0 Å². The molecule has 86 valence electrons. The van der Waals surface area contributed by atoms with Gasteiger partial charge in [0.2, 0.25) is 5.90 Å². The van der Waals surface area contributed by atoms with Crippen LogP contribution in [0.5, 0.6) is 0 Å². The topological polar surface area (TPSA) is 47.6 Å². The number of benzene rings is 1. The van der Waals surface area contributed by atoms with E-state index in [-0.39, 0.29) is 6.04 Å². The number of hydrogen-bond acceptors (Lipinski definition) is 3. The fourth-order valence-corrected chi connectivity index (χ4v) is 2.15. The van der Waals surface area contributed by atoms with Crippen molar-refractivity contribution >= 4 is 21.8 Å². The summed E-state index contributed by atoms with van der Waals surface area (Å²) < 4.78 is 6.63. The van der Waals surface area contributed by atoms with Crippen molar-refractivity contribution in [3.05, 3.63) is 34.3 Å². The molecule has 2 rings (SSSR count). The van der Waals surface area contributed by atoms with E-state index in [0.717, 1.165) is 35.3 Å². The summed E-state index contributed by atoms with van der Waals surface area (Å²) in [6.07, 6.45) is 2.01. The number of nitrogens with zero attached hydrogens (tertiary/aromatic N) is 1. The van der Waals surface area contributed by atoms with Crippen molar-refractivity contribution in [2.45, 2.75) is 18.9 Å². The van der Waals surface area contributed by atoms with Crippen molar-refractivity contribution in [2.75, 3.05) is 13.2 Å². The summed E-state index contributed by atoms with van der Waals surface area (Å²) in [5, 5.41) is 0. The van der Waals surface area contributed by atoms with Gasteiger partial charge in [-0.3, -0.25) is 0 Å². The predicted octanol–water partition coefficient (Wildman–Crippen LogP) is 2.33. The highest BCUT2D eigenvalue weighted by atomic mass is 79.9. The number of ether oxygens (including phenoxy) is 1. The molecule has 16 heavy (non-hydrogen) atoms. The van der Waals surface area contributed by atoms with E-state index >= 15 is 0 Å². The smallest absolute Gasteiger partial charge is 0.217 e. The number of rotatable bonds is 4. The fraction of sp³-hybridized carbons (Fsp3) is 0.417. The van der Waals surface area contributed by atoms with Gasteiger partial charge in [0.05, 0.1) is 11.6 Å². The Morgan fingerprint density at radius 2 is 2.25 bits per heavy atom. The first-order valence-electron chi connectivity index (χ1n) is 5.47. The zero-order valence-corrected chi connectivity index (χ0v) is 10.6. The third kappa shape index (κ3) is 2.62. The highest BCUT2D eigenvalue weighted by Gasteiger charge is 2.20. The SMILES string of the molecule is NCCCC1COC(c2ccccc2Br)=N1. The van der Waals surface area contributed by atoms with E-state index in [4.69, 9.17) is 10.5 Å². The molecule has 1 unspecified atom stereocenters. The third-order valence-corrected chi connectivity index (χ3v) is 3.25. The molecular formula is C12H15BrN2O. The van der Waals surface area contributed by atoms with Gasteiger partial charge in [0.15, 0.2) is 0 Å². The van der Waals surface area contributed by atoms with Crippen LogP contribution in [0.4, 0.5) is 0 Å². The molecule has 0 amide bonds. The standard InChI is InChI=1S/C12H15BrN2O/c13-11-6-2-1-5-10(11)12-15-9(8-16-12)4-3-7-14/h1-2,5-6,9H,3-4,7-8,14H2. The molecule has 0 bridgehead atoms. The molecule has 0 fully saturated rings. The quantitative estimate of drug-likeness (QED) is 0.922. The minimum absolute atomic E-state index is 0.269. The minimum atomic E-state index is 0.269. The third-order valence-electron chi connectivity index (χ3n) is 2.56. The molecule has 0 aliphatic carbocycles. The molecule has 0 spiro atoms. The molecule has 1 atom stereocenters. The molecule has 2 N–H and O–H groups in total. The summed E-state index contributed by atoms with van der Waals surface area (Å²) in [6, 6.07) is 8.24. The maximum Gasteiger partial charge on any atom is 0.217 e. The van der Waals surface area contributed by atoms with Gasteiger partial charge in [0, 0.05) is 4.47 Å². The molecule has 1 aliphatic heterocycles. The van der Waals surface area contributed by atoms with Gasteiger partial charge in [-0.1, -0.05) is 12.1 Å². The van der Waals surface area contributed by atoms with Gasteiger partial charge in [-0.2, -0.15) is 0 Å². The molecule has 0 radical (unpaired) electrons. The summed E-state index contributed by atoms with van der Waals surface area (Å²) in [7, 11) is 0. The minimum Gasteiger partial charge on any atom is -0.475 e. The van der Waals surface area contributed by atoms with E-state index < -0.39 is 0 Å². The summed E-state index contributed by atoms with van der Waals surface area (Å²) in [4.78, 5) is 4.57. The Kier molecular flexibility index (Phi) is 3.96. The first-order chi connectivity index (χ1) is 7.81. The molecule has 1 aliphatic rings.